The molecule has 2 aromatic carbocycles. The van der Waals surface area contributed by atoms with E-state index < -0.39 is 11.6 Å². The molecule has 0 atom stereocenters. The van der Waals surface area contributed by atoms with Crippen LogP contribution in [0.3, 0.4) is 0 Å². The minimum absolute atomic E-state index is 0.0160. The van der Waals surface area contributed by atoms with Gasteiger partial charge in [-0.2, -0.15) is 0 Å². The van der Waals surface area contributed by atoms with Crippen molar-refractivity contribution in [3.8, 4) is 5.75 Å². The molecule has 104 valence electrons. The van der Waals surface area contributed by atoms with E-state index in [1.54, 1.807) is 6.07 Å². The van der Waals surface area contributed by atoms with Crippen molar-refractivity contribution in [3.05, 3.63) is 64.2 Å². The van der Waals surface area contributed by atoms with Crippen LogP contribution in [0.4, 0.5) is 8.78 Å². The topological polar surface area (TPSA) is 59.1 Å². The Morgan fingerprint density at radius 3 is 2.55 bits per heavy atom. The first-order valence-electron chi connectivity index (χ1n) is 5.69. The monoisotopic (exact) mass is 296 g/mol. The van der Waals surface area contributed by atoms with Crippen molar-refractivity contribution in [1.82, 2.24) is 0 Å². The zero-order chi connectivity index (χ0) is 14.7. The minimum atomic E-state index is -0.697. The molecule has 0 radical (unpaired) electrons. The fourth-order valence-corrected chi connectivity index (χ4v) is 1.82. The van der Waals surface area contributed by atoms with Crippen molar-refractivity contribution >= 4 is 17.4 Å². The highest BCUT2D eigenvalue weighted by Gasteiger charge is 2.12. The average Bonchev–Trinajstić information content (AvgIpc) is 2.41. The van der Waals surface area contributed by atoms with Gasteiger partial charge in [-0.1, -0.05) is 29.8 Å². The van der Waals surface area contributed by atoms with Gasteiger partial charge in [-0.25, -0.2) is 8.78 Å². The molecule has 0 bridgehead atoms. The summed E-state index contributed by atoms with van der Waals surface area (Å²) in [7, 11) is 0. The van der Waals surface area contributed by atoms with Gasteiger partial charge in [0.05, 0.1) is 10.6 Å². The predicted molar refractivity (Wildman–Crippen MR) is 73.2 cm³/mol. The molecular weight excluding hydrogens is 286 g/mol. The summed E-state index contributed by atoms with van der Waals surface area (Å²) >= 11 is 5.62. The van der Waals surface area contributed by atoms with Gasteiger partial charge in [0.25, 0.3) is 0 Å². The maximum Gasteiger partial charge on any atom is 0.183 e. The molecule has 0 amide bonds. The first-order chi connectivity index (χ1) is 9.50. The van der Waals surface area contributed by atoms with E-state index in [-0.39, 0.29) is 34.3 Å². The minimum Gasteiger partial charge on any atom is -0.486 e. The lowest BCUT2D eigenvalue weighted by Crippen LogP contribution is -2.14. The lowest BCUT2D eigenvalue weighted by atomic mass is 10.1. The van der Waals surface area contributed by atoms with E-state index >= 15 is 0 Å². The Morgan fingerprint density at radius 2 is 1.85 bits per heavy atom. The van der Waals surface area contributed by atoms with Gasteiger partial charge in [0.15, 0.2) is 11.6 Å². The molecule has 0 aromatic heterocycles. The second-order valence-corrected chi connectivity index (χ2v) is 4.44. The predicted octanol–water partition coefficient (Wildman–Crippen LogP) is 3.48. The normalized spacial score (nSPS) is 10.3. The van der Waals surface area contributed by atoms with Crippen LogP contribution in [0, 0.1) is 17.0 Å². The van der Waals surface area contributed by atoms with Gasteiger partial charge in [0.2, 0.25) is 0 Å². The van der Waals surface area contributed by atoms with Crippen LogP contribution in [-0.4, -0.2) is 5.84 Å². The summed E-state index contributed by atoms with van der Waals surface area (Å²) in [5.41, 5.74) is 5.42. The molecule has 0 saturated carbocycles. The molecule has 0 fully saturated rings. The number of nitrogens with one attached hydrogen (secondary N) is 1. The van der Waals surface area contributed by atoms with Crippen LogP contribution in [0.15, 0.2) is 36.4 Å². The second kappa shape index (κ2) is 5.88. The molecule has 0 aliphatic carbocycles. The Labute approximate surface area is 119 Å². The molecule has 20 heavy (non-hydrogen) atoms. The van der Waals surface area contributed by atoms with E-state index in [0.29, 0.717) is 0 Å². The van der Waals surface area contributed by atoms with Gasteiger partial charge in [-0.3, -0.25) is 5.41 Å². The number of amidine groups is 1. The van der Waals surface area contributed by atoms with Crippen LogP contribution < -0.4 is 10.5 Å². The van der Waals surface area contributed by atoms with Gasteiger partial charge in [-0.05, 0) is 18.2 Å². The quantitative estimate of drug-likeness (QED) is 0.670. The van der Waals surface area contributed by atoms with Gasteiger partial charge < -0.3 is 10.5 Å². The van der Waals surface area contributed by atoms with Crippen LogP contribution in [-0.2, 0) is 6.61 Å². The Bertz CT molecular complexity index is 662. The Hall–Kier alpha value is -2.14. The zero-order valence-corrected chi connectivity index (χ0v) is 11.0. The van der Waals surface area contributed by atoms with Crippen LogP contribution in [0.5, 0.6) is 5.75 Å². The van der Waals surface area contributed by atoms with Crippen molar-refractivity contribution in [2.75, 3.05) is 0 Å². The van der Waals surface area contributed by atoms with E-state index in [9.17, 15) is 8.78 Å². The molecule has 0 aliphatic heterocycles. The van der Waals surface area contributed by atoms with Crippen LogP contribution in [0.25, 0.3) is 0 Å². The first kappa shape index (κ1) is 14.3. The fraction of sp³-hybridized carbons (Fsp3) is 0.0714. The third kappa shape index (κ3) is 2.88. The summed E-state index contributed by atoms with van der Waals surface area (Å²) in [5.74, 6) is -1.79. The summed E-state index contributed by atoms with van der Waals surface area (Å²) in [6.45, 7) is -0.190. The third-order valence-electron chi connectivity index (χ3n) is 2.67. The highest BCUT2D eigenvalue weighted by atomic mass is 35.5. The largest absolute Gasteiger partial charge is 0.486 e. The average molecular weight is 297 g/mol. The summed E-state index contributed by atoms with van der Waals surface area (Å²) in [6, 6.07) is 8.73. The van der Waals surface area contributed by atoms with Crippen molar-refractivity contribution in [2.24, 2.45) is 5.73 Å². The Kier molecular flexibility index (Phi) is 4.20. The molecule has 6 heteroatoms. The number of hydrogen-bond donors (Lipinski definition) is 2. The molecule has 2 aromatic rings. The van der Waals surface area contributed by atoms with E-state index in [2.05, 4.69) is 0 Å². The molecule has 0 aliphatic rings. The molecule has 0 unspecified atom stereocenters. The van der Waals surface area contributed by atoms with E-state index in [1.165, 1.54) is 30.3 Å². The van der Waals surface area contributed by atoms with E-state index in [4.69, 9.17) is 27.5 Å². The molecule has 3 nitrogen and oxygen atoms in total. The molecular formula is C14H11ClF2N2O. The summed E-state index contributed by atoms with van der Waals surface area (Å²) in [4.78, 5) is 0. The van der Waals surface area contributed by atoms with Crippen LogP contribution in [0.2, 0.25) is 5.02 Å². The van der Waals surface area contributed by atoms with Crippen LogP contribution >= 0.6 is 11.6 Å². The van der Waals surface area contributed by atoms with Gasteiger partial charge in [-0.15, -0.1) is 0 Å². The number of benzene rings is 2. The number of nitrogens with two attached hydrogens (primary N) is 1. The number of rotatable bonds is 4. The SMILES string of the molecule is N=C(N)c1cccc(COc2cccc(Cl)c2F)c1F. The summed E-state index contributed by atoms with van der Waals surface area (Å²) < 4.78 is 32.8. The standard InChI is InChI=1S/C14H11ClF2N2O/c15-10-5-2-6-11(13(10)17)20-7-8-3-1-4-9(12(8)16)14(18)19/h1-6H,7H2,(H3,18,19). The zero-order valence-electron chi connectivity index (χ0n) is 10.3. The van der Waals surface area contributed by atoms with E-state index in [1.807, 2.05) is 0 Å². The first-order valence-corrected chi connectivity index (χ1v) is 6.07. The van der Waals surface area contributed by atoms with Gasteiger partial charge >= 0.3 is 0 Å². The molecule has 0 heterocycles. The van der Waals surface area contributed by atoms with Gasteiger partial charge in [0, 0.05) is 5.56 Å². The smallest absolute Gasteiger partial charge is 0.183 e. The number of hydrogen-bond acceptors (Lipinski definition) is 2. The van der Waals surface area contributed by atoms with Crippen molar-refractivity contribution in [1.29, 1.82) is 5.41 Å². The molecule has 0 spiro atoms. The Morgan fingerprint density at radius 1 is 1.15 bits per heavy atom. The number of halogens is 3. The fourth-order valence-electron chi connectivity index (χ4n) is 1.65. The highest BCUT2D eigenvalue weighted by molar-refractivity contribution is 6.30. The lowest BCUT2D eigenvalue weighted by Gasteiger charge is -2.10. The Balaban J connectivity index is 2.21. The van der Waals surface area contributed by atoms with E-state index in [0.717, 1.165) is 0 Å². The summed E-state index contributed by atoms with van der Waals surface area (Å²) in [5, 5.41) is 7.18. The van der Waals surface area contributed by atoms with Gasteiger partial charge in [0.1, 0.15) is 18.3 Å². The molecule has 0 saturated heterocycles. The number of ether oxygens (including phenoxy) is 1. The van der Waals surface area contributed by atoms with Crippen molar-refractivity contribution in [2.45, 2.75) is 6.61 Å². The molecule has 2 rings (SSSR count). The maximum atomic E-state index is 14.0. The highest BCUT2D eigenvalue weighted by Crippen LogP contribution is 2.25. The molecule has 3 N–H and O–H groups in total. The second-order valence-electron chi connectivity index (χ2n) is 4.03. The van der Waals surface area contributed by atoms with Crippen molar-refractivity contribution < 1.29 is 13.5 Å². The third-order valence-corrected chi connectivity index (χ3v) is 2.96. The summed E-state index contributed by atoms with van der Waals surface area (Å²) in [6.07, 6.45) is 0. The van der Waals surface area contributed by atoms with Crippen molar-refractivity contribution in [3.63, 3.8) is 0 Å². The number of nitrogen functional groups attached to an aromatic ring is 1. The lowest BCUT2D eigenvalue weighted by molar-refractivity contribution is 0.285. The maximum absolute atomic E-state index is 14.0. The van der Waals surface area contributed by atoms with Crippen LogP contribution in [0.1, 0.15) is 11.1 Å².